The van der Waals surface area contributed by atoms with E-state index in [0.29, 0.717) is 0 Å². The maximum Gasteiger partial charge on any atom is 0.325 e. The van der Waals surface area contributed by atoms with E-state index in [9.17, 15) is 19.7 Å². The number of anilines is 2. The lowest BCUT2D eigenvalue weighted by molar-refractivity contribution is -0.0602. The lowest BCUT2D eigenvalue weighted by Crippen LogP contribution is -2.34. The van der Waals surface area contributed by atoms with Gasteiger partial charge in [0.1, 0.15) is 30.7 Å². The fraction of sp³-hybridized carbons (Fsp3) is 0.556. The highest BCUT2D eigenvalue weighted by atomic mass is 32.5. The van der Waals surface area contributed by atoms with Gasteiger partial charge in [-0.2, -0.15) is 14.3 Å². The molecular formula is C18H22F2N12O9P2S2. The molecule has 0 aromatic carbocycles. The van der Waals surface area contributed by atoms with Gasteiger partial charge in [0.25, 0.3) is 5.56 Å². The van der Waals surface area contributed by atoms with Crippen LogP contribution in [0.15, 0.2) is 11.1 Å². The number of aromatic amines is 1. The van der Waals surface area contributed by atoms with Crippen molar-refractivity contribution in [2.45, 2.75) is 49.2 Å². The van der Waals surface area contributed by atoms with Crippen molar-refractivity contribution in [3.63, 3.8) is 0 Å². The van der Waals surface area contributed by atoms with Gasteiger partial charge >= 0.3 is 6.72 Å². The molecule has 0 radical (unpaired) electrons. The van der Waals surface area contributed by atoms with Gasteiger partial charge in [-0.15, -0.1) is 10.2 Å². The number of nitrogens with one attached hydrogen (secondary N) is 1. The molecule has 0 aliphatic carbocycles. The minimum absolute atomic E-state index is 0.0226. The zero-order valence-corrected chi connectivity index (χ0v) is 25.6. The number of fused-ring (bicyclic) bond motifs is 2. The summed E-state index contributed by atoms with van der Waals surface area (Å²) in [4.78, 5) is 46.8. The number of nitrogens with zero attached hydrogens (tertiary/aromatic N) is 9. The predicted molar refractivity (Wildman–Crippen MR) is 153 cm³/mol. The number of aromatic nitrogens is 10. The summed E-state index contributed by atoms with van der Waals surface area (Å²) < 4.78 is 60.3. The molecule has 0 bridgehead atoms. The minimum Gasteiger partial charge on any atom is -0.394 e. The van der Waals surface area contributed by atoms with Crippen molar-refractivity contribution in [2.75, 3.05) is 24.7 Å². The van der Waals surface area contributed by atoms with E-state index in [0.717, 1.165) is 15.7 Å². The molecule has 2 unspecified atom stereocenters. The number of hydrogen-bond acceptors (Lipinski definition) is 18. The quantitative estimate of drug-likeness (QED) is 0.0957. The Morgan fingerprint density at radius 3 is 2.47 bits per heavy atom. The third-order valence-electron chi connectivity index (χ3n) is 6.73. The molecule has 244 valence electrons. The topological polar surface area (TPSA) is 292 Å². The van der Waals surface area contributed by atoms with E-state index in [1.807, 2.05) is 0 Å². The monoisotopic (exact) mass is 714 g/mol. The molecule has 10 atom stereocenters. The number of rotatable bonds is 10. The van der Waals surface area contributed by atoms with E-state index in [2.05, 4.69) is 40.6 Å². The largest absolute Gasteiger partial charge is 0.394 e. The van der Waals surface area contributed by atoms with Crippen molar-refractivity contribution in [2.24, 2.45) is 0 Å². The molecule has 45 heavy (non-hydrogen) atoms. The highest BCUT2D eigenvalue weighted by molar-refractivity contribution is 8.07. The third-order valence-corrected chi connectivity index (χ3v) is 9.05. The standard InChI is InChI=1S/C18H22F2N12O9P2S2/c19-6-4(1-33)38-17(32-14-9(28-30-32)15(34)26-18(22)25-14)11(6)41-43(36,45)37-2-5-10(40-42(35)44)7(20)16(39-5)31-13-8(27-29-31)12(21)23-3-24-13/h3-7,10-11,16-17,33,42H,1-2H2,(H,35,44)(H,36,45)(H2,21,23,24)(H3,22,25,26,34)/t4-,5-,6+,7+,10-,11-,16-,17-,43?/m1/s1. The van der Waals surface area contributed by atoms with E-state index in [1.54, 1.807) is 0 Å². The molecule has 21 nitrogen and oxygen atoms in total. The molecular weight excluding hydrogens is 692 g/mol. The molecule has 2 aliphatic rings. The van der Waals surface area contributed by atoms with Crippen molar-refractivity contribution >= 4 is 71.6 Å². The summed E-state index contributed by atoms with van der Waals surface area (Å²) in [6.45, 7) is -5.97. The number of aliphatic hydroxyl groups is 1. The Kier molecular flexibility index (Phi) is 8.88. The molecule has 2 aliphatic heterocycles. The van der Waals surface area contributed by atoms with E-state index >= 15 is 8.78 Å². The molecule has 8 N–H and O–H groups in total. The number of H-pyrrole nitrogens is 1. The molecule has 4 aromatic heterocycles. The lowest BCUT2D eigenvalue weighted by atomic mass is 10.1. The predicted octanol–water partition coefficient (Wildman–Crippen LogP) is -2.12. The van der Waals surface area contributed by atoms with Gasteiger partial charge in [0.15, 0.2) is 60.1 Å². The number of nitrogens with two attached hydrogens (primary N) is 2. The Morgan fingerprint density at radius 1 is 1.07 bits per heavy atom. The van der Waals surface area contributed by atoms with Crippen LogP contribution in [0.1, 0.15) is 12.5 Å². The second-order valence-electron chi connectivity index (χ2n) is 9.51. The van der Waals surface area contributed by atoms with Crippen LogP contribution in [0.4, 0.5) is 20.5 Å². The number of ether oxygens (including phenoxy) is 2. The number of nitrogen functional groups attached to an aromatic ring is 2. The molecule has 4 aromatic rings. The molecule has 0 spiro atoms. The SMILES string of the molecule is Nc1nc2c(nnn2[C@@H]2O[C@H](CO)[C@H](F)[C@H]2OP(O)(=S)OC[C@H]2O[C@@H](n3nnc4c(N)ncnc43)[C@@H](F)[C@@H]2O[PH](O)=S)c(=O)[nH]1. The second-order valence-corrected chi connectivity index (χ2v) is 14.1. The first-order valence-corrected chi connectivity index (χ1v) is 17.6. The van der Waals surface area contributed by atoms with Crippen LogP contribution in [0.5, 0.6) is 0 Å². The van der Waals surface area contributed by atoms with Gasteiger partial charge in [-0.05, 0) is 23.6 Å². The van der Waals surface area contributed by atoms with Crippen LogP contribution in [0.25, 0.3) is 22.3 Å². The molecule has 6 rings (SSSR count). The van der Waals surface area contributed by atoms with Gasteiger partial charge in [0.2, 0.25) is 5.95 Å². The minimum atomic E-state index is -4.45. The number of hydrogen-bond donors (Lipinski definition) is 6. The fourth-order valence-electron chi connectivity index (χ4n) is 4.77. The van der Waals surface area contributed by atoms with Crippen LogP contribution < -0.4 is 17.0 Å². The van der Waals surface area contributed by atoms with Gasteiger partial charge in [-0.1, -0.05) is 10.4 Å². The summed E-state index contributed by atoms with van der Waals surface area (Å²) in [6, 6.07) is 0. The molecule has 2 saturated heterocycles. The first kappa shape index (κ1) is 32.2. The summed E-state index contributed by atoms with van der Waals surface area (Å²) in [5, 5.41) is 24.8. The number of halogens is 2. The lowest BCUT2D eigenvalue weighted by Gasteiger charge is -2.26. The number of alkyl halides is 2. The summed E-state index contributed by atoms with van der Waals surface area (Å²) in [6.07, 6.45) is -12.3. The molecule has 6 heterocycles. The Hall–Kier alpha value is -2.80. The zero-order chi connectivity index (χ0) is 32.2. The summed E-state index contributed by atoms with van der Waals surface area (Å²) in [5.41, 5.74) is 10.2. The number of aliphatic hydroxyl groups excluding tert-OH is 1. The van der Waals surface area contributed by atoms with Crippen molar-refractivity contribution in [3.05, 3.63) is 16.7 Å². The van der Waals surface area contributed by atoms with Crippen molar-refractivity contribution in [1.29, 1.82) is 0 Å². The van der Waals surface area contributed by atoms with Crippen LogP contribution in [0.2, 0.25) is 0 Å². The van der Waals surface area contributed by atoms with Crippen LogP contribution in [0.3, 0.4) is 0 Å². The Labute approximate surface area is 258 Å². The zero-order valence-electron chi connectivity index (χ0n) is 22.1. The maximum atomic E-state index is 15.7. The van der Waals surface area contributed by atoms with Gasteiger partial charge in [-0.25, -0.2) is 18.7 Å². The third kappa shape index (κ3) is 6.06. The molecule has 2 fully saturated rings. The highest BCUT2D eigenvalue weighted by Crippen LogP contribution is 2.51. The van der Waals surface area contributed by atoms with E-state index in [-0.39, 0.29) is 34.1 Å². The van der Waals surface area contributed by atoms with E-state index in [1.165, 1.54) is 0 Å². The molecule has 27 heteroatoms. The summed E-state index contributed by atoms with van der Waals surface area (Å²) >= 11 is 9.83. The Balaban J connectivity index is 1.22. The van der Waals surface area contributed by atoms with Crippen molar-refractivity contribution in [1.82, 2.24) is 49.9 Å². The van der Waals surface area contributed by atoms with Gasteiger partial charge in [-0.3, -0.25) is 14.3 Å². The second kappa shape index (κ2) is 12.4. The van der Waals surface area contributed by atoms with Crippen molar-refractivity contribution < 1.29 is 46.7 Å². The van der Waals surface area contributed by atoms with Crippen LogP contribution in [0, 0.1) is 0 Å². The van der Waals surface area contributed by atoms with Gasteiger partial charge in [0, 0.05) is 0 Å². The smallest absolute Gasteiger partial charge is 0.325 e. The Morgan fingerprint density at radius 2 is 1.76 bits per heavy atom. The molecule has 0 saturated carbocycles. The Bertz CT molecular complexity index is 1870. The maximum absolute atomic E-state index is 15.7. The average Bonchev–Trinajstić information content (AvgIpc) is 3.73. The van der Waals surface area contributed by atoms with E-state index < -0.39 is 81.9 Å². The van der Waals surface area contributed by atoms with Crippen LogP contribution in [-0.4, -0.2) is 115 Å². The van der Waals surface area contributed by atoms with Gasteiger partial charge in [0.05, 0.1) is 13.2 Å². The first-order chi connectivity index (χ1) is 21.4. The van der Waals surface area contributed by atoms with Gasteiger partial charge < -0.3 is 44.9 Å². The summed E-state index contributed by atoms with van der Waals surface area (Å²) in [7, 11) is -2.90. The average molecular weight is 715 g/mol. The first-order valence-electron chi connectivity index (χ1n) is 12.6. The van der Waals surface area contributed by atoms with E-state index in [4.69, 9.17) is 58.1 Å². The fourth-order valence-corrected chi connectivity index (χ4v) is 7.02. The highest BCUT2D eigenvalue weighted by Gasteiger charge is 2.52. The van der Waals surface area contributed by atoms with Crippen molar-refractivity contribution in [3.8, 4) is 0 Å². The normalized spacial score (nSPS) is 30.7. The summed E-state index contributed by atoms with van der Waals surface area (Å²) in [5.74, 6) is -0.331. The molecule has 0 amide bonds. The van der Waals surface area contributed by atoms with Crippen LogP contribution >= 0.6 is 13.9 Å². The van der Waals surface area contributed by atoms with Crippen LogP contribution in [-0.2, 0) is 46.7 Å².